The van der Waals surface area contributed by atoms with Crippen LogP contribution in [0.25, 0.3) is 0 Å². The summed E-state index contributed by atoms with van der Waals surface area (Å²) in [6.07, 6.45) is 5.98. The molecule has 1 saturated heterocycles. The van der Waals surface area contributed by atoms with E-state index in [2.05, 4.69) is 6.08 Å². The van der Waals surface area contributed by atoms with Crippen LogP contribution in [-0.4, -0.2) is 18.4 Å². The van der Waals surface area contributed by atoms with Crippen LogP contribution in [0.1, 0.15) is 11.5 Å². The summed E-state index contributed by atoms with van der Waals surface area (Å²) in [5.74, 6) is 0.805. The zero-order valence-corrected chi connectivity index (χ0v) is 10.5. The van der Waals surface area contributed by atoms with Crippen molar-refractivity contribution in [2.24, 2.45) is 11.7 Å². The SMILES string of the molecule is N=C1C(N)COC2=CC=CC(c3cccc(N)c3)C12. The van der Waals surface area contributed by atoms with E-state index < -0.39 is 0 Å². The molecule has 19 heavy (non-hydrogen) atoms. The molecule has 2 aliphatic rings. The number of allylic oxidation sites excluding steroid dienone is 4. The van der Waals surface area contributed by atoms with E-state index in [9.17, 15) is 0 Å². The maximum absolute atomic E-state index is 8.24. The predicted molar refractivity (Wildman–Crippen MR) is 76.0 cm³/mol. The van der Waals surface area contributed by atoms with E-state index in [0.717, 1.165) is 17.0 Å². The highest BCUT2D eigenvalue weighted by molar-refractivity contribution is 5.93. The van der Waals surface area contributed by atoms with Gasteiger partial charge in [0, 0.05) is 17.3 Å². The molecule has 0 spiro atoms. The second-order valence-electron chi connectivity index (χ2n) is 5.00. The molecule has 0 aromatic heterocycles. The van der Waals surface area contributed by atoms with Gasteiger partial charge in [-0.25, -0.2) is 0 Å². The quantitative estimate of drug-likeness (QED) is 0.669. The van der Waals surface area contributed by atoms with E-state index in [-0.39, 0.29) is 17.9 Å². The van der Waals surface area contributed by atoms with E-state index in [1.165, 1.54) is 0 Å². The van der Waals surface area contributed by atoms with Crippen LogP contribution < -0.4 is 11.5 Å². The first-order chi connectivity index (χ1) is 9.16. The Labute approximate surface area is 112 Å². The maximum Gasteiger partial charge on any atom is 0.108 e. The largest absolute Gasteiger partial charge is 0.495 e. The molecule has 3 atom stereocenters. The highest BCUT2D eigenvalue weighted by atomic mass is 16.5. The van der Waals surface area contributed by atoms with Crippen molar-refractivity contribution in [3.05, 3.63) is 53.8 Å². The third-order valence-corrected chi connectivity index (χ3v) is 3.70. The minimum Gasteiger partial charge on any atom is -0.495 e. The summed E-state index contributed by atoms with van der Waals surface area (Å²) in [7, 11) is 0. The van der Waals surface area contributed by atoms with Gasteiger partial charge in [0.2, 0.25) is 0 Å². The van der Waals surface area contributed by atoms with Gasteiger partial charge in [-0.3, -0.25) is 0 Å². The summed E-state index contributed by atoms with van der Waals surface area (Å²) in [6, 6.07) is 7.45. The number of hydrogen-bond donors (Lipinski definition) is 3. The van der Waals surface area contributed by atoms with Gasteiger partial charge in [-0.1, -0.05) is 24.3 Å². The molecule has 4 heteroatoms. The van der Waals surface area contributed by atoms with Gasteiger partial charge in [0.25, 0.3) is 0 Å². The van der Waals surface area contributed by atoms with Gasteiger partial charge in [-0.15, -0.1) is 0 Å². The lowest BCUT2D eigenvalue weighted by Gasteiger charge is -2.36. The third kappa shape index (κ3) is 2.04. The molecule has 98 valence electrons. The van der Waals surface area contributed by atoms with E-state index in [0.29, 0.717) is 12.3 Å². The Morgan fingerprint density at radius 3 is 2.95 bits per heavy atom. The average Bonchev–Trinajstić information content (AvgIpc) is 2.42. The van der Waals surface area contributed by atoms with Crippen molar-refractivity contribution in [2.75, 3.05) is 12.3 Å². The molecular formula is C15H17N3O. The fraction of sp³-hybridized carbons (Fsp3) is 0.267. The predicted octanol–water partition coefficient (Wildman–Crippen LogP) is 1.80. The molecule has 1 aromatic rings. The minimum atomic E-state index is -0.322. The number of anilines is 1. The Balaban J connectivity index is 2.00. The van der Waals surface area contributed by atoms with Crippen molar-refractivity contribution in [1.82, 2.24) is 0 Å². The zero-order valence-electron chi connectivity index (χ0n) is 10.5. The van der Waals surface area contributed by atoms with Crippen molar-refractivity contribution < 1.29 is 4.74 Å². The number of benzene rings is 1. The number of hydrogen-bond acceptors (Lipinski definition) is 4. The Morgan fingerprint density at radius 2 is 2.16 bits per heavy atom. The monoisotopic (exact) mass is 255 g/mol. The number of nitrogens with one attached hydrogen (secondary N) is 1. The standard InChI is InChI=1S/C15H17N3O/c16-10-4-1-3-9(7-10)11-5-2-6-13-14(11)15(18)12(17)8-19-13/h1-7,11-12,14,18H,8,16-17H2. The molecule has 1 aliphatic carbocycles. The lowest BCUT2D eigenvalue weighted by molar-refractivity contribution is 0.162. The van der Waals surface area contributed by atoms with Crippen LogP contribution in [0.15, 0.2) is 48.3 Å². The molecule has 0 saturated carbocycles. The lowest BCUT2D eigenvalue weighted by atomic mass is 9.76. The van der Waals surface area contributed by atoms with Gasteiger partial charge < -0.3 is 21.6 Å². The number of rotatable bonds is 1. The fourth-order valence-electron chi connectivity index (χ4n) is 2.72. The summed E-state index contributed by atoms with van der Waals surface area (Å²) in [6.45, 7) is 0.388. The minimum absolute atomic E-state index is 0.0716. The number of ether oxygens (including phenoxy) is 1. The van der Waals surface area contributed by atoms with Crippen molar-refractivity contribution in [2.45, 2.75) is 12.0 Å². The smallest absolute Gasteiger partial charge is 0.108 e. The summed E-state index contributed by atoms with van der Waals surface area (Å²) in [5, 5.41) is 8.24. The van der Waals surface area contributed by atoms with Gasteiger partial charge in [0.05, 0.1) is 12.0 Å². The second-order valence-corrected chi connectivity index (χ2v) is 5.00. The molecule has 5 N–H and O–H groups in total. The van der Waals surface area contributed by atoms with Crippen molar-refractivity contribution in [3.8, 4) is 0 Å². The van der Waals surface area contributed by atoms with E-state index in [1.54, 1.807) is 0 Å². The number of nitrogens with two attached hydrogens (primary N) is 2. The Bertz CT molecular complexity index is 577. The molecule has 3 rings (SSSR count). The molecule has 1 fully saturated rings. The molecule has 4 nitrogen and oxygen atoms in total. The average molecular weight is 255 g/mol. The first kappa shape index (κ1) is 12.0. The summed E-state index contributed by atoms with van der Waals surface area (Å²) in [4.78, 5) is 0. The molecule has 3 unspecified atom stereocenters. The summed E-state index contributed by atoms with van der Waals surface area (Å²) in [5.41, 5.74) is 14.1. The molecule has 0 amide bonds. The Kier molecular flexibility index (Phi) is 2.87. The van der Waals surface area contributed by atoms with Crippen LogP contribution in [-0.2, 0) is 4.74 Å². The molecule has 1 aliphatic heterocycles. The second kappa shape index (κ2) is 4.55. The Hall–Kier alpha value is -2.07. The van der Waals surface area contributed by atoms with Gasteiger partial charge in [0.15, 0.2) is 0 Å². The van der Waals surface area contributed by atoms with Gasteiger partial charge in [0.1, 0.15) is 12.4 Å². The van der Waals surface area contributed by atoms with E-state index in [1.807, 2.05) is 36.4 Å². The van der Waals surface area contributed by atoms with Gasteiger partial charge in [-0.2, -0.15) is 0 Å². The number of fused-ring (bicyclic) bond motifs is 1. The van der Waals surface area contributed by atoms with Crippen LogP contribution >= 0.6 is 0 Å². The van der Waals surface area contributed by atoms with Gasteiger partial charge >= 0.3 is 0 Å². The van der Waals surface area contributed by atoms with Crippen molar-refractivity contribution in [1.29, 1.82) is 5.41 Å². The topological polar surface area (TPSA) is 85.1 Å². The molecule has 1 aromatic carbocycles. The number of nitrogen functional groups attached to an aromatic ring is 1. The first-order valence-corrected chi connectivity index (χ1v) is 6.37. The summed E-state index contributed by atoms with van der Waals surface area (Å²) >= 11 is 0. The van der Waals surface area contributed by atoms with Gasteiger partial charge in [-0.05, 0) is 23.8 Å². The van der Waals surface area contributed by atoms with Crippen LogP contribution in [0.2, 0.25) is 0 Å². The van der Waals surface area contributed by atoms with Crippen molar-refractivity contribution in [3.63, 3.8) is 0 Å². The molecule has 0 bridgehead atoms. The molecule has 0 radical (unpaired) electrons. The zero-order chi connectivity index (χ0) is 13.4. The fourth-order valence-corrected chi connectivity index (χ4v) is 2.72. The van der Waals surface area contributed by atoms with Crippen LogP contribution in [0, 0.1) is 11.3 Å². The van der Waals surface area contributed by atoms with Crippen LogP contribution in [0.5, 0.6) is 0 Å². The summed E-state index contributed by atoms with van der Waals surface area (Å²) < 4.78 is 5.66. The lowest BCUT2D eigenvalue weighted by Crippen LogP contribution is -2.46. The van der Waals surface area contributed by atoms with Crippen LogP contribution in [0.4, 0.5) is 5.69 Å². The molecular weight excluding hydrogens is 238 g/mol. The van der Waals surface area contributed by atoms with E-state index in [4.69, 9.17) is 21.6 Å². The van der Waals surface area contributed by atoms with Crippen molar-refractivity contribution >= 4 is 11.4 Å². The highest BCUT2D eigenvalue weighted by Crippen LogP contribution is 2.38. The third-order valence-electron chi connectivity index (χ3n) is 3.70. The maximum atomic E-state index is 8.24. The molecule has 1 heterocycles. The van der Waals surface area contributed by atoms with Crippen LogP contribution in [0.3, 0.4) is 0 Å². The first-order valence-electron chi connectivity index (χ1n) is 6.37. The van der Waals surface area contributed by atoms with E-state index >= 15 is 0 Å². The highest BCUT2D eigenvalue weighted by Gasteiger charge is 2.37. The Morgan fingerprint density at radius 1 is 1.32 bits per heavy atom. The normalized spacial score (nSPS) is 29.4.